The van der Waals surface area contributed by atoms with Crippen LogP contribution >= 0.6 is 27.3 Å². The van der Waals surface area contributed by atoms with Crippen molar-refractivity contribution in [2.24, 2.45) is 5.73 Å². The number of amides is 2. The van der Waals surface area contributed by atoms with E-state index in [1.165, 1.54) is 11.3 Å². The molecule has 0 bridgehead atoms. The van der Waals surface area contributed by atoms with Gasteiger partial charge in [0.05, 0.1) is 5.56 Å². The van der Waals surface area contributed by atoms with Crippen molar-refractivity contribution < 1.29 is 14.3 Å². The number of anilines is 1. The van der Waals surface area contributed by atoms with E-state index >= 15 is 0 Å². The Labute approximate surface area is 158 Å². The predicted octanol–water partition coefficient (Wildman–Crippen LogP) is 3.81. The monoisotopic (exact) mass is 422 g/mol. The Morgan fingerprint density at radius 1 is 1.32 bits per heavy atom. The van der Waals surface area contributed by atoms with Crippen molar-refractivity contribution in [3.05, 3.63) is 44.2 Å². The second kappa shape index (κ2) is 7.58. The fourth-order valence-electron chi connectivity index (χ4n) is 2.93. The number of halogens is 1. The summed E-state index contributed by atoms with van der Waals surface area (Å²) in [6.45, 7) is 1.83. The highest BCUT2D eigenvalue weighted by Crippen LogP contribution is 2.37. The second-order valence-corrected chi connectivity index (χ2v) is 7.99. The van der Waals surface area contributed by atoms with Crippen LogP contribution in [0.4, 0.5) is 5.00 Å². The number of nitrogens with one attached hydrogen (secondary N) is 1. The van der Waals surface area contributed by atoms with Gasteiger partial charge in [-0.25, -0.2) is 0 Å². The van der Waals surface area contributed by atoms with Crippen LogP contribution in [0.25, 0.3) is 0 Å². The van der Waals surface area contributed by atoms with Crippen LogP contribution in [0.2, 0.25) is 0 Å². The molecule has 5 nitrogen and oxygen atoms in total. The number of ether oxygens (including phenoxy) is 1. The third kappa shape index (κ3) is 4.04. The molecule has 3 N–H and O–H groups in total. The third-order valence-corrected chi connectivity index (χ3v) is 6.27. The van der Waals surface area contributed by atoms with Gasteiger partial charge in [0.15, 0.2) is 6.61 Å². The van der Waals surface area contributed by atoms with E-state index in [0.29, 0.717) is 16.3 Å². The van der Waals surface area contributed by atoms with E-state index in [9.17, 15) is 9.59 Å². The summed E-state index contributed by atoms with van der Waals surface area (Å²) in [5, 5.41) is 3.33. The number of benzene rings is 1. The van der Waals surface area contributed by atoms with Crippen molar-refractivity contribution in [3.63, 3.8) is 0 Å². The number of rotatable bonds is 5. The van der Waals surface area contributed by atoms with Crippen molar-refractivity contribution in [3.8, 4) is 5.75 Å². The van der Waals surface area contributed by atoms with Crippen molar-refractivity contribution >= 4 is 44.1 Å². The van der Waals surface area contributed by atoms with E-state index in [1.54, 1.807) is 6.07 Å². The second-order valence-electron chi connectivity index (χ2n) is 6.03. The maximum absolute atomic E-state index is 12.2. The van der Waals surface area contributed by atoms with Gasteiger partial charge in [-0.2, -0.15) is 0 Å². The minimum absolute atomic E-state index is 0.123. The van der Waals surface area contributed by atoms with E-state index in [0.717, 1.165) is 46.2 Å². The molecular weight excluding hydrogens is 404 g/mol. The molecule has 1 aromatic heterocycles. The van der Waals surface area contributed by atoms with Gasteiger partial charge in [0.25, 0.3) is 11.8 Å². The lowest BCUT2D eigenvalue weighted by atomic mass is 9.95. The lowest BCUT2D eigenvalue weighted by Crippen LogP contribution is -2.22. The standard InChI is InChI=1S/C18H19BrN2O3S/c1-10-8-11(6-7-13(10)19)24-9-15(22)21-18-16(17(20)23)12-4-2-3-5-14(12)25-18/h6-8H,2-5,9H2,1H3,(H2,20,23)(H,21,22). The molecule has 2 aromatic rings. The Morgan fingerprint density at radius 3 is 2.80 bits per heavy atom. The number of hydrogen-bond donors (Lipinski definition) is 2. The Bertz CT molecular complexity index is 832. The fraction of sp³-hybridized carbons (Fsp3) is 0.333. The first-order chi connectivity index (χ1) is 12.0. The van der Waals surface area contributed by atoms with Crippen LogP contribution in [0.3, 0.4) is 0 Å². The Balaban J connectivity index is 1.69. The summed E-state index contributed by atoms with van der Waals surface area (Å²) < 4.78 is 6.52. The van der Waals surface area contributed by atoms with Gasteiger partial charge < -0.3 is 15.8 Å². The SMILES string of the molecule is Cc1cc(OCC(=O)Nc2sc3c(c2C(N)=O)CCCC3)ccc1Br. The Kier molecular flexibility index (Phi) is 5.44. The molecule has 1 aromatic carbocycles. The molecule has 1 aliphatic carbocycles. The number of carbonyl (C=O) groups excluding carboxylic acids is 2. The summed E-state index contributed by atoms with van der Waals surface area (Å²) in [5.74, 6) is -0.169. The van der Waals surface area contributed by atoms with Crippen molar-refractivity contribution in [1.29, 1.82) is 0 Å². The normalized spacial score (nSPS) is 13.2. The van der Waals surface area contributed by atoms with E-state index in [2.05, 4.69) is 21.2 Å². The largest absolute Gasteiger partial charge is 0.484 e. The third-order valence-electron chi connectivity index (χ3n) is 4.17. The van der Waals surface area contributed by atoms with Gasteiger partial charge >= 0.3 is 0 Å². The number of primary amides is 1. The quantitative estimate of drug-likeness (QED) is 0.768. The fourth-order valence-corrected chi connectivity index (χ4v) is 4.49. The van der Waals surface area contributed by atoms with Crippen LogP contribution in [0.5, 0.6) is 5.75 Å². The molecule has 132 valence electrons. The maximum Gasteiger partial charge on any atom is 0.262 e. The molecule has 0 aliphatic heterocycles. The smallest absolute Gasteiger partial charge is 0.262 e. The number of aryl methyl sites for hydroxylation is 2. The molecule has 0 fully saturated rings. The molecule has 2 amide bonds. The zero-order chi connectivity index (χ0) is 18.0. The van der Waals surface area contributed by atoms with Crippen LogP contribution in [-0.4, -0.2) is 18.4 Å². The summed E-state index contributed by atoms with van der Waals surface area (Å²) >= 11 is 4.88. The number of fused-ring (bicyclic) bond motifs is 1. The molecule has 1 heterocycles. The first-order valence-electron chi connectivity index (χ1n) is 8.09. The lowest BCUT2D eigenvalue weighted by molar-refractivity contribution is -0.118. The average Bonchev–Trinajstić information content (AvgIpc) is 2.93. The highest BCUT2D eigenvalue weighted by Gasteiger charge is 2.24. The molecule has 7 heteroatoms. The van der Waals surface area contributed by atoms with E-state index in [-0.39, 0.29) is 12.5 Å². The van der Waals surface area contributed by atoms with E-state index in [4.69, 9.17) is 10.5 Å². The number of thiophene rings is 1. The minimum atomic E-state index is -0.487. The van der Waals surface area contributed by atoms with Gasteiger partial charge in [-0.15, -0.1) is 11.3 Å². The Morgan fingerprint density at radius 2 is 2.08 bits per heavy atom. The number of nitrogens with two attached hydrogens (primary N) is 1. The Hall–Kier alpha value is -1.86. The molecule has 0 radical (unpaired) electrons. The average molecular weight is 423 g/mol. The first-order valence-corrected chi connectivity index (χ1v) is 9.70. The number of hydrogen-bond acceptors (Lipinski definition) is 4. The molecule has 25 heavy (non-hydrogen) atoms. The highest BCUT2D eigenvalue weighted by atomic mass is 79.9. The van der Waals surface area contributed by atoms with Crippen LogP contribution < -0.4 is 15.8 Å². The summed E-state index contributed by atoms with van der Waals surface area (Å²) in [4.78, 5) is 25.2. The summed E-state index contributed by atoms with van der Waals surface area (Å²) in [6.07, 6.45) is 3.92. The van der Waals surface area contributed by atoms with Crippen molar-refractivity contribution in [1.82, 2.24) is 0 Å². The molecule has 0 saturated carbocycles. The van der Waals surface area contributed by atoms with Gasteiger partial charge in [-0.05, 0) is 61.9 Å². The topological polar surface area (TPSA) is 81.4 Å². The van der Waals surface area contributed by atoms with Gasteiger partial charge in [0.1, 0.15) is 10.8 Å². The molecule has 1 aliphatic rings. The van der Waals surface area contributed by atoms with Gasteiger partial charge in [0.2, 0.25) is 0 Å². The summed E-state index contributed by atoms with van der Waals surface area (Å²) in [6, 6.07) is 5.53. The molecule has 0 spiro atoms. The maximum atomic E-state index is 12.2. The zero-order valence-corrected chi connectivity index (χ0v) is 16.3. The molecule has 0 unspecified atom stereocenters. The van der Waals surface area contributed by atoms with Crippen LogP contribution in [0.1, 0.15) is 39.2 Å². The summed E-state index contributed by atoms with van der Waals surface area (Å²) in [5.41, 5.74) is 8.03. The van der Waals surface area contributed by atoms with Crippen molar-refractivity contribution in [2.45, 2.75) is 32.6 Å². The lowest BCUT2D eigenvalue weighted by Gasteiger charge is -2.11. The van der Waals surface area contributed by atoms with Gasteiger partial charge in [-0.1, -0.05) is 15.9 Å². The van der Waals surface area contributed by atoms with E-state index < -0.39 is 5.91 Å². The molecule has 0 saturated heterocycles. The van der Waals surface area contributed by atoms with Gasteiger partial charge in [-0.3, -0.25) is 9.59 Å². The zero-order valence-electron chi connectivity index (χ0n) is 13.9. The first kappa shape index (κ1) is 17.9. The molecule has 0 atom stereocenters. The molecule has 3 rings (SSSR count). The summed E-state index contributed by atoms with van der Waals surface area (Å²) in [7, 11) is 0. The van der Waals surface area contributed by atoms with Gasteiger partial charge in [0, 0.05) is 9.35 Å². The highest BCUT2D eigenvalue weighted by molar-refractivity contribution is 9.10. The molecular formula is C18H19BrN2O3S. The van der Waals surface area contributed by atoms with Crippen LogP contribution in [0.15, 0.2) is 22.7 Å². The predicted molar refractivity (Wildman–Crippen MR) is 102 cm³/mol. The van der Waals surface area contributed by atoms with E-state index in [1.807, 2.05) is 19.1 Å². The van der Waals surface area contributed by atoms with Crippen LogP contribution in [-0.2, 0) is 17.6 Å². The van der Waals surface area contributed by atoms with Crippen molar-refractivity contribution in [2.75, 3.05) is 11.9 Å². The number of carbonyl (C=O) groups is 2. The van der Waals surface area contributed by atoms with Crippen LogP contribution in [0, 0.1) is 6.92 Å². The minimum Gasteiger partial charge on any atom is -0.484 e.